The number of anilines is 2. The van der Waals surface area contributed by atoms with Gasteiger partial charge in [0, 0.05) is 16.1 Å². The molecular formula is C10H10ClN3O2S2. The molecule has 0 unspecified atom stereocenters. The zero-order valence-corrected chi connectivity index (χ0v) is 11.7. The summed E-state index contributed by atoms with van der Waals surface area (Å²) in [6.45, 7) is 1.84. The van der Waals surface area contributed by atoms with Gasteiger partial charge in [-0.15, -0.1) is 11.3 Å². The summed E-state index contributed by atoms with van der Waals surface area (Å²) < 4.78 is 26.5. The Balaban J connectivity index is 2.36. The molecule has 8 heteroatoms. The number of benzene rings is 1. The standard InChI is InChI=1S/C10H10ClN3O2S2/c1-6-5-13-10(17-6)14-18(15,16)9-3-2-7(11)4-8(9)12/h2-5H,12H2,1H3,(H,13,14). The Labute approximate surface area is 114 Å². The maximum absolute atomic E-state index is 12.1. The van der Waals surface area contributed by atoms with E-state index in [4.69, 9.17) is 17.3 Å². The van der Waals surface area contributed by atoms with Gasteiger partial charge in [-0.1, -0.05) is 11.6 Å². The normalized spacial score (nSPS) is 11.4. The lowest BCUT2D eigenvalue weighted by Gasteiger charge is -2.07. The fourth-order valence-corrected chi connectivity index (χ4v) is 3.54. The second-order valence-corrected chi connectivity index (χ2v) is 6.89. The third kappa shape index (κ3) is 2.74. The van der Waals surface area contributed by atoms with Crippen LogP contribution in [0.1, 0.15) is 4.88 Å². The van der Waals surface area contributed by atoms with Gasteiger partial charge in [-0.3, -0.25) is 4.72 Å². The third-order valence-electron chi connectivity index (χ3n) is 2.10. The maximum Gasteiger partial charge on any atom is 0.265 e. The van der Waals surface area contributed by atoms with Gasteiger partial charge >= 0.3 is 0 Å². The van der Waals surface area contributed by atoms with Crippen molar-refractivity contribution in [2.45, 2.75) is 11.8 Å². The molecule has 0 saturated carbocycles. The van der Waals surface area contributed by atoms with Crippen LogP contribution < -0.4 is 10.5 Å². The molecule has 2 rings (SSSR count). The molecule has 0 atom stereocenters. The van der Waals surface area contributed by atoms with E-state index in [9.17, 15) is 8.42 Å². The molecule has 96 valence electrons. The Morgan fingerprint density at radius 3 is 2.72 bits per heavy atom. The van der Waals surface area contributed by atoms with Gasteiger partial charge in [0.15, 0.2) is 5.13 Å². The summed E-state index contributed by atoms with van der Waals surface area (Å²) in [6, 6.07) is 4.23. The predicted octanol–water partition coefficient (Wildman–Crippen LogP) is 2.49. The van der Waals surface area contributed by atoms with Crippen LogP contribution in [-0.2, 0) is 10.0 Å². The number of hydrogen-bond donors (Lipinski definition) is 2. The number of aryl methyl sites for hydroxylation is 1. The molecule has 1 aromatic heterocycles. The van der Waals surface area contributed by atoms with Crippen molar-refractivity contribution in [3.63, 3.8) is 0 Å². The molecule has 0 fully saturated rings. The molecule has 0 spiro atoms. The molecule has 0 aliphatic carbocycles. The highest BCUT2D eigenvalue weighted by Gasteiger charge is 2.18. The highest BCUT2D eigenvalue weighted by Crippen LogP contribution is 2.26. The van der Waals surface area contributed by atoms with Crippen molar-refractivity contribution < 1.29 is 8.42 Å². The van der Waals surface area contributed by atoms with Crippen LogP contribution in [-0.4, -0.2) is 13.4 Å². The second-order valence-electron chi connectivity index (χ2n) is 3.56. The summed E-state index contributed by atoms with van der Waals surface area (Å²) in [6.07, 6.45) is 1.59. The van der Waals surface area contributed by atoms with Gasteiger partial charge in [-0.05, 0) is 25.1 Å². The molecule has 0 saturated heterocycles. The minimum absolute atomic E-state index is 0.0141. The molecule has 5 nitrogen and oxygen atoms in total. The van der Waals surface area contributed by atoms with E-state index in [1.807, 2.05) is 6.92 Å². The van der Waals surface area contributed by atoms with Gasteiger partial charge in [-0.2, -0.15) is 0 Å². The Morgan fingerprint density at radius 1 is 1.44 bits per heavy atom. The van der Waals surface area contributed by atoms with Crippen molar-refractivity contribution in [3.05, 3.63) is 34.3 Å². The van der Waals surface area contributed by atoms with Crippen LogP contribution in [0.3, 0.4) is 0 Å². The van der Waals surface area contributed by atoms with Crippen molar-refractivity contribution in [1.82, 2.24) is 4.98 Å². The Morgan fingerprint density at radius 2 is 2.17 bits per heavy atom. The SMILES string of the molecule is Cc1cnc(NS(=O)(=O)c2ccc(Cl)cc2N)s1. The molecular weight excluding hydrogens is 294 g/mol. The molecule has 3 N–H and O–H groups in total. The molecule has 1 heterocycles. The van der Waals surface area contributed by atoms with Gasteiger partial charge in [0.25, 0.3) is 10.0 Å². The first kappa shape index (κ1) is 13.1. The molecule has 0 aliphatic rings. The second kappa shape index (κ2) is 4.75. The van der Waals surface area contributed by atoms with Crippen LogP contribution in [0.25, 0.3) is 0 Å². The number of nitrogens with zero attached hydrogens (tertiary/aromatic N) is 1. The van der Waals surface area contributed by atoms with Gasteiger partial charge in [0.2, 0.25) is 0 Å². The Hall–Kier alpha value is -1.31. The summed E-state index contributed by atoms with van der Waals surface area (Å²) >= 11 is 6.98. The molecule has 0 aliphatic heterocycles. The topological polar surface area (TPSA) is 85.1 Å². The summed E-state index contributed by atoms with van der Waals surface area (Å²) in [4.78, 5) is 4.83. The zero-order chi connectivity index (χ0) is 13.3. The largest absolute Gasteiger partial charge is 0.398 e. The summed E-state index contributed by atoms with van der Waals surface area (Å²) in [5.41, 5.74) is 5.75. The van der Waals surface area contributed by atoms with Gasteiger partial charge in [0.05, 0.1) is 5.69 Å². The van der Waals surface area contributed by atoms with Crippen LogP contribution in [0, 0.1) is 6.92 Å². The lowest BCUT2D eigenvalue weighted by molar-refractivity contribution is 0.601. The van der Waals surface area contributed by atoms with E-state index in [2.05, 4.69) is 9.71 Å². The van der Waals surface area contributed by atoms with Gasteiger partial charge in [0.1, 0.15) is 4.90 Å². The molecule has 2 aromatic rings. The van der Waals surface area contributed by atoms with Crippen LogP contribution in [0.15, 0.2) is 29.3 Å². The molecule has 0 radical (unpaired) electrons. The smallest absolute Gasteiger partial charge is 0.265 e. The van der Waals surface area contributed by atoms with Gasteiger partial charge < -0.3 is 5.73 Å². The number of hydrogen-bond acceptors (Lipinski definition) is 5. The first-order valence-corrected chi connectivity index (χ1v) is 7.56. The van der Waals surface area contributed by atoms with E-state index in [0.717, 1.165) is 4.88 Å². The van der Waals surface area contributed by atoms with Gasteiger partial charge in [-0.25, -0.2) is 13.4 Å². The first-order chi connectivity index (χ1) is 8.38. The average molecular weight is 304 g/mol. The summed E-state index contributed by atoms with van der Waals surface area (Å²) in [5.74, 6) is 0. The first-order valence-electron chi connectivity index (χ1n) is 4.89. The number of rotatable bonds is 3. The van der Waals surface area contributed by atoms with E-state index in [-0.39, 0.29) is 10.6 Å². The van der Waals surface area contributed by atoms with Crippen LogP contribution in [0.2, 0.25) is 5.02 Å². The number of nitrogens with two attached hydrogens (primary N) is 1. The number of nitrogen functional groups attached to an aromatic ring is 1. The molecule has 0 amide bonds. The maximum atomic E-state index is 12.1. The highest BCUT2D eigenvalue weighted by molar-refractivity contribution is 7.93. The third-order valence-corrected chi connectivity index (χ3v) is 4.71. The number of nitrogens with one attached hydrogen (secondary N) is 1. The van der Waals surface area contributed by atoms with Crippen LogP contribution >= 0.6 is 22.9 Å². The van der Waals surface area contributed by atoms with Crippen molar-refractivity contribution in [1.29, 1.82) is 0 Å². The highest BCUT2D eigenvalue weighted by atomic mass is 35.5. The number of halogens is 1. The van der Waals surface area contributed by atoms with Crippen molar-refractivity contribution in [2.24, 2.45) is 0 Å². The predicted molar refractivity (Wildman–Crippen MR) is 73.5 cm³/mol. The zero-order valence-electron chi connectivity index (χ0n) is 9.34. The van der Waals surface area contributed by atoms with E-state index in [1.54, 1.807) is 6.20 Å². The number of sulfonamides is 1. The van der Waals surface area contributed by atoms with E-state index in [1.165, 1.54) is 29.5 Å². The Kier molecular flexibility index (Phi) is 3.47. The lowest BCUT2D eigenvalue weighted by atomic mass is 10.3. The molecule has 1 aromatic carbocycles. The number of thiazole rings is 1. The van der Waals surface area contributed by atoms with E-state index in [0.29, 0.717) is 10.2 Å². The fourth-order valence-electron chi connectivity index (χ4n) is 1.34. The quantitative estimate of drug-likeness (QED) is 0.853. The minimum atomic E-state index is -3.73. The monoisotopic (exact) mass is 303 g/mol. The van der Waals surface area contributed by atoms with Crippen molar-refractivity contribution in [3.8, 4) is 0 Å². The lowest BCUT2D eigenvalue weighted by Crippen LogP contribution is -2.14. The summed E-state index contributed by atoms with van der Waals surface area (Å²) in [7, 11) is -3.73. The average Bonchev–Trinajstić information content (AvgIpc) is 2.62. The minimum Gasteiger partial charge on any atom is -0.398 e. The van der Waals surface area contributed by atoms with Crippen molar-refractivity contribution >= 4 is 43.8 Å². The summed E-state index contributed by atoms with van der Waals surface area (Å²) in [5, 5.41) is 0.693. The molecule has 0 bridgehead atoms. The van der Waals surface area contributed by atoms with E-state index < -0.39 is 10.0 Å². The van der Waals surface area contributed by atoms with Crippen LogP contribution in [0.5, 0.6) is 0 Å². The van der Waals surface area contributed by atoms with Crippen LogP contribution in [0.4, 0.5) is 10.8 Å². The Bertz CT molecular complexity index is 682. The fraction of sp³-hybridized carbons (Fsp3) is 0.100. The molecule has 18 heavy (non-hydrogen) atoms. The number of aromatic nitrogens is 1. The van der Waals surface area contributed by atoms with Crippen molar-refractivity contribution in [2.75, 3.05) is 10.5 Å². The van der Waals surface area contributed by atoms with E-state index >= 15 is 0 Å².